The van der Waals surface area contributed by atoms with Gasteiger partial charge < -0.3 is 4.74 Å². The summed E-state index contributed by atoms with van der Waals surface area (Å²) in [7, 11) is 0. The molecular weight excluding hydrogens is 446 g/mol. The van der Waals surface area contributed by atoms with Gasteiger partial charge in [-0.25, -0.2) is 0 Å². The minimum absolute atomic E-state index is 0.0716. The molecule has 1 saturated heterocycles. The van der Waals surface area contributed by atoms with Crippen molar-refractivity contribution in [3.63, 3.8) is 0 Å². The van der Waals surface area contributed by atoms with Crippen molar-refractivity contribution in [3.8, 4) is 5.75 Å². The van der Waals surface area contributed by atoms with E-state index in [1.807, 2.05) is 78.9 Å². The average Bonchev–Trinajstić information content (AvgIpc) is 3.11. The SMILES string of the molecule is O=C1C(=Cc2ccccc2OCc2cccc3ccccc23)SC(=S)N1Cc1ccccc1. The van der Waals surface area contributed by atoms with Gasteiger partial charge in [0.25, 0.3) is 5.91 Å². The first-order chi connectivity index (χ1) is 16.2. The number of nitrogens with zero attached hydrogens (tertiary/aromatic N) is 1. The van der Waals surface area contributed by atoms with E-state index in [-0.39, 0.29) is 5.91 Å². The third-order valence-electron chi connectivity index (χ3n) is 5.53. The second kappa shape index (κ2) is 9.61. The van der Waals surface area contributed by atoms with Gasteiger partial charge in [-0.05, 0) is 34.0 Å². The van der Waals surface area contributed by atoms with Crippen molar-refractivity contribution in [2.75, 3.05) is 0 Å². The molecule has 1 aliphatic rings. The zero-order valence-corrected chi connectivity index (χ0v) is 19.4. The Morgan fingerprint density at radius 3 is 2.45 bits per heavy atom. The van der Waals surface area contributed by atoms with Gasteiger partial charge in [0.15, 0.2) is 0 Å². The number of fused-ring (bicyclic) bond motifs is 1. The number of benzene rings is 4. The number of amides is 1. The molecular formula is C28H21NO2S2. The number of rotatable bonds is 6. The van der Waals surface area contributed by atoms with Crippen LogP contribution >= 0.6 is 24.0 Å². The quantitative estimate of drug-likeness (QED) is 0.230. The number of hydrogen-bond donors (Lipinski definition) is 0. The van der Waals surface area contributed by atoms with Gasteiger partial charge in [-0.15, -0.1) is 0 Å². The third-order valence-corrected chi connectivity index (χ3v) is 6.90. The van der Waals surface area contributed by atoms with Crippen molar-refractivity contribution in [3.05, 3.63) is 119 Å². The highest BCUT2D eigenvalue weighted by Crippen LogP contribution is 2.35. The monoisotopic (exact) mass is 467 g/mol. The van der Waals surface area contributed by atoms with E-state index in [0.29, 0.717) is 22.4 Å². The van der Waals surface area contributed by atoms with E-state index in [0.717, 1.165) is 22.4 Å². The van der Waals surface area contributed by atoms with Crippen molar-refractivity contribution in [2.45, 2.75) is 13.2 Å². The van der Waals surface area contributed by atoms with E-state index in [1.165, 1.54) is 22.5 Å². The van der Waals surface area contributed by atoms with Gasteiger partial charge in [0.1, 0.15) is 16.7 Å². The lowest BCUT2D eigenvalue weighted by Crippen LogP contribution is -2.27. The lowest BCUT2D eigenvalue weighted by atomic mass is 10.1. The molecule has 1 fully saturated rings. The van der Waals surface area contributed by atoms with Crippen LogP contribution in [0.25, 0.3) is 16.8 Å². The fourth-order valence-electron chi connectivity index (χ4n) is 3.85. The molecule has 0 aromatic heterocycles. The molecule has 0 radical (unpaired) electrons. The summed E-state index contributed by atoms with van der Waals surface area (Å²) in [6.07, 6.45) is 1.88. The molecule has 0 bridgehead atoms. The van der Waals surface area contributed by atoms with Gasteiger partial charge in [0, 0.05) is 5.56 Å². The summed E-state index contributed by atoms with van der Waals surface area (Å²) in [6.45, 7) is 0.920. The molecule has 0 atom stereocenters. The number of carbonyl (C=O) groups excluding carboxylic acids is 1. The first-order valence-electron chi connectivity index (χ1n) is 10.7. The van der Waals surface area contributed by atoms with Crippen molar-refractivity contribution < 1.29 is 9.53 Å². The second-order valence-corrected chi connectivity index (χ2v) is 9.39. The number of thioether (sulfide) groups is 1. The Balaban J connectivity index is 1.36. The highest BCUT2D eigenvalue weighted by atomic mass is 32.2. The molecule has 1 heterocycles. The van der Waals surface area contributed by atoms with E-state index in [4.69, 9.17) is 17.0 Å². The standard InChI is InChI=1S/C28H21NO2S2/c30-27-26(33-28(32)29(27)18-20-9-2-1-3-10-20)17-22-12-5-7-16-25(22)31-19-23-14-8-13-21-11-4-6-15-24(21)23/h1-17H,18-19H2. The summed E-state index contributed by atoms with van der Waals surface area (Å²) in [5.74, 6) is 0.663. The van der Waals surface area contributed by atoms with Crippen LogP contribution in [-0.2, 0) is 17.9 Å². The Bertz CT molecular complexity index is 1360. The highest BCUT2D eigenvalue weighted by Gasteiger charge is 2.32. The largest absolute Gasteiger partial charge is 0.488 e. The van der Waals surface area contributed by atoms with Crippen molar-refractivity contribution in [2.24, 2.45) is 0 Å². The van der Waals surface area contributed by atoms with Crippen molar-refractivity contribution in [1.82, 2.24) is 4.90 Å². The molecule has 5 heteroatoms. The molecule has 162 valence electrons. The fraction of sp³-hybridized carbons (Fsp3) is 0.0714. The second-order valence-electron chi connectivity index (χ2n) is 7.72. The number of carbonyl (C=O) groups is 1. The first-order valence-corrected chi connectivity index (χ1v) is 11.9. The summed E-state index contributed by atoms with van der Waals surface area (Å²) in [5.41, 5.74) is 3.03. The Kier molecular flexibility index (Phi) is 6.24. The molecule has 0 spiro atoms. The van der Waals surface area contributed by atoms with E-state index in [2.05, 4.69) is 24.3 Å². The van der Waals surface area contributed by atoms with Crippen LogP contribution in [0.2, 0.25) is 0 Å². The topological polar surface area (TPSA) is 29.5 Å². The van der Waals surface area contributed by atoms with Crippen LogP contribution in [0.3, 0.4) is 0 Å². The average molecular weight is 468 g/mol. The number of para-hydroxylation sites is 1. The lowest BCUT2D eigenvalue weighted by Gasteiger charge is -2.14. The predicted molar refractivity (Wildman–Crippen MR) is 140 cm³/mol. The minimum atomic E-state index is -0.0716. The molecule has 0 saturated carbocycles. The van der Waals surface area contributed by atoms with Crippen LogP contribution in [0.5, 0.6) is 5.75 Å². The zero-order valence-electron chi connectivity index (χ0n) is 17.8. The first kappa shape index (κ1) is 21.4. The Morgan fingerprint density at radius 1 is 0.848 bits per heavy atom. The highest BCUT2D eigenvalue weighted by molar-refractivity contribution is 8.26. The predicted octanol–water partition coefficient (Wildman–Crippen LogP) is 6.82. The minimum Gasteiger partial charge on any atom is -0.488 e. The van der Waals surface area contributed by atoms with E-state index in [9.17, 15) is 4.79 Å². The van der Waals surface area contributed by atoms with Crippen LogP contribution in [0.15, 0.2) is 102 Å². The molecule has 1 amide bonds. The third kappa shape index (κ3) is 4.70. The molecule has 0 N–H and O–H groups in total. The van der Waals surface area contributed by atoms with E-state index in [1.54, 1.807) is 4.90 Å². The summed E-state index contributed by atoms with van der Waals surface area (Å²) in [4.78, 5) is 15.3. The van der Waals surface area contributed by atoms with Gasteiger partial charge in [-0.3, -0.25) is 9.69 Å². The molecule has 0 aliphatic carbocycles. The number of thiocarbonyl (C=S) groups is 1. The van der Waals surface area contributed by atoms with Crippen LogP contribution in [0, 0.1) is 0 Å². The lowest BCUT2D eigenvalue weighted by molar-refractivity contribution is -0.122. The summed E-state index contributed by atoms with van der Waals surface area (Å²) < 4.78 is 6.79. The van der Waals surface area contributed by atoms with Crippen LogP contribution < -0.4 is 4.74 Å². The Morgan fingerprint density at radius 2 is 1.58 bits per heavy atom. The summed E-state index contributed by atoms with van der Waals surface area (Å²) >= 11 is 6.83. The Labute approximate surface area is 202 Å². The maximum Gasteiger partial charge on any atom is 0.266 e. The number of ether oxygens (including phenoxy) is 1. The zero-order chi connectivity index (χ0) is 22.6. The fourth-order valence-corrected chi connectivity index (χ4v) is 5.09. The molecule has 4 aromatic carbocycles. The summed E-state index contributed by atoms with van der Waals surface area (Å²) in [6, 6.07) is 32.2. The maximum absolute atomic E-state index is 13.1. The van der Waals surface area contributed by atoms with E-state index < -0.39 is 0 Å². The summed E-state index contributed by atoms with van der Waals surface area (Å²) in [5, 5.41) is 2.37. The molecule has 1 aliphatic heterocycles. The number of hydrogen-bond acceptors (Lipinski definition) is 4. The van der Waals surface area contributed by atoms with Gasteiger partial charge in [0.05, 0.1) is 11.4 Å². The van der Waals surface area contributed by atoms with Crippen LogP contribution in [-0.4, -0.2) is 15.1 Å². The van der Waals surface area contributed by atoms with Crippen LogP contribution in [0.1, 0.15) is 16.7 Å². The van der Waals surface area contributed by atoms with E-state index >= 15 is 0 Å². The van der Waals surface area contributed by atoms with Gasteiger partial charge in [-0.2, -0.15) is 0 Å². The normalized spacial score (nSPS) is 14.9. The van der Waals surface area contributed by atoms with Crippen molar-refractivity contribution in [1.29, 1.82) is 0 Å². The smallest absolute Gasteiger partial charge is 0.266 e. The molecule has 5 rings (SSSR count). The molecule has 3 nitrogen and oxygen atoms in total. The van der Waals surface area contributed by atoms with Gasteiger partial charge >= 0.3 is 0 Å². The van der Waals surface area contributed by atoms with Crippen LogP contribution in [0.4, 0.5) is 0 Å². The molecule has 4 aromatic rings. The van der Waals surface area contributed by atoms with Gasteiger partial charge in [0.2, 0.25) is 0 Å². The Hall–Kier alpha value is -3.41. The van der Waals surface area contributed by atoms with Crippen molar-refractivity contribution >= 4 is 51.1 Å². The molecule has 33 heavy (non-hydrogen) atoms. The molecule has 0 unspecified atom stereocenters. The maximum atomic E-state index is 13.1. The van der Waals surface area contributed by atoms with Gasteiger partial charge in [-0.1, -0.05) is 115 Å².